The van der Waals surface area contributed by atoms with Gasteiger partial charge in [-0.3, -0.25) is 5.43 Å². The average Bonchev–Trinajstić information content (AvgIpc) is 3.19. The summed E-state index contributed by atoms with van der Waals surface area (Å²) in [6.45, 7) is 0. The molecule has 1 aromatic carbocycles. The molecule has 10 heteroatoms. The predicted molar refractivity (Wildman–Crippen MR) is 106 cm³/mol. The number of fused-ring (bicyclic) bond motifs is 1. The molecule has 0 saturated carbocycles. The van der Waals surface area contributed by atoms with E-state index >= 15 is 0 Å². The molecule has 0 bridgehead atoms. The van der Waals surface area contributed by atoms with Gasteiger partial charge < -0.3 is 9.84 Å². The van der Waals surface area contributed by atoms with Gasteiger partial charge in [0.05, 0.1) is 30.5 Å². The van der Waals surface area contributed by atoms with E-state index in [2.05, 4.69) is 30.6 Å². The van der Waals surface area contributed by atoms with Crippen molar-refractivity contribution in [3.63, 3.8) is 0 Å². The zero-order chi connectivity index (χ0) is 20.2. The first-order chi connectivity index (χ1) is 14.2. The van der Waals surface area contributed by atoms with Crippen LogP contribution in [0.4, 0.5) is 5.82 Å². The van der Waals surface area contributed by atoms with E-state index in [1.807, 2.05) is 6.07 Å². The van der Waals surface area contributed by atoms with Gasteiger partial charge in [-0.2, -0.15) is 19.9 Å². The molecular weight excluding hydrogens is 374 g/mol. The van der Waals surface area contributed by atoms with Crippen LogP contribution in [-0.2, 0) is 0 Å². The SMILES string of the molecule is COc1cccc(-n2ncc3c(NN=Cc4ccc(C(=O)O)cc4)ncnc32)n1. The molecule has 4 aromatic rings. The molecule has 2 N–H and O–H groups in total. The van der Waals surface area contributed by atoms with Crippen molar-refractivity contribution >= 4 is 29.0 Å². The van der Waals surface area contributed by atoms with E-state index in [4.69, 9.17) is 9.84 Å². The Balaban J connectivity index is 1.58. The molecule has 0 saturated heterocycles. The van der Waals surface area contributed by atoms with E-state index in [1.54, 1.807) is 48.5 Å². The van der Waals surface area contributed by atoms with Gasteiger partial charge in [0.1, 0.15) is 6.33 Å². The predicted octanol–water partition coefficient (Wildman–Crippen LogP) is 2.36. The highest BCUT2D eigenvalue weighted by atomic mass is 16.5. The second-order valence-corrected chi connectivity index (χ2v) is 5.85. The molecule has 0 unspecified atom stereocenters. The van der Waals surface area contributed by atoms with Gasteiger partial charge in [-0.15, -0.1) is 0 Å². The Labute approximate surface area is 164 Å². The summed E-state index contributed by atoms with van der Waals surface area (Å²) in [7, 11) is 1.55. The lowest BCUT2D eigenvalue weighted by Gasteiger charge is -2.05. The summed E-state index contributed by atoms with van der Waals surface area (Å²) in [6, 6.07) is 11.7. The Morgan fingerprint density at radius 1 is 1.21 bits per heavy atom. The highest BCUT2D eigenvalue weighted by Crippen LogP contribution is 2.21. The molecule has 0 atom stereocenters. The number of carboxylic acids is 1. The molecule has 0 radical (unpaired) electrons. The summed E-state index contributed by atoms with van der Waals surface area (Å²) in [5.41, 5.74) is 4.38. The average molecular weight is 389 g/mol. The van der Waals surface area contributed by atoms with Crippen molar-refractivity contribution in [2.24, 2.45) is 5.10 Å². The third kappa shape index (κ3) is 3.72. The summed E-state index contributed by atoms with van der Waals surface area (Å²) >= 11 is 0. The minimum Gasteiger partial charge on any atom is -0.481 e. The Hall–Kier alpha value is -4.34. The summed E-state index contributed by atoms with van der Waals surface area (Å²) in [4.78, 5) is 23.7. The first-order valence-electron chi connectivity index (χ1n) is 8.48. The maximum atomic E-state index is 10.9. The number of hydrogen-bond acceptors (Lipinski definition) is 8. The first-order valence-corrected chi connectivity index (χ1v) is 8.48. The van der Waals surface area contributed by atoms with E-state index in [0.717, 1.165) is 5.56 Å². The van der Waals surface area contributed by atoms with E-state index < -0.39 is 5.97 Å². The summed E-state index contributed by atoms with van der Waals surface area (Å²) in [5.74, 6) is 0.531. The van der Waals surface area contributed by atoms with Crippen LogP contribution in [0.1, 0.15) is 15.9 Å². The Kier molecular flexibility index (Phi) is 4.81. The fourth-order valence-electron chi connectivity index (χ4n) is 2.62. The number of hydrogen-bond donors (Lipinski definition) is 2. The number of aromatic nitrogens is 5. The molecular formula is C19H15N7O3. The fraction of sp³-hybridized carbons (Fsp3) is 0.0526. The van der Waals surface area contributed by atoms with E-state index in [0.29, 0.717) is 28.5 Å². The maximum absolute atomic E-state index is 10.9. The molecule has 29 heavy (non-hydrogen) atoms. The van der Waals surface area contributed by atoms with Gasteiger partial charge in [0.25, 0.3) is 0 Å². The number of methoxy groups -OCH3 is 1. The molecule has 0 aliphatic heterocycles. The number of pyridine rings is 1. The molecule has 144 valence electrons. The summed E-state index contributed by atoms with van der Waals surface area (Å²) < 4.78 is 6.74. The van der Waals surface area contributed by atoms with Crippen LogP contribution in [0.2, 0.25) is 0 Å². The molecule has 4 rings (SSSR count). The molecule has 0 fully saturated rings. The van der Waals surface area contributed by atoms with Crippen molar-refractivity contribution in [3.8, 4) is 11.7 Å². The summed E-state index contributed by atoms with van der Waals surface area (Å²) in [6.07, 6.45) is 4.59. The Bertz CT molecular complexity index is 1200. The number of carbonyl (C=O) groups is 1. The van der Waals surface area contributed by atoms with Crippen molar-refractivity contribution in [2.45, 2.75) is 0 Å². The van der Waals surface area contributed by atoms with Crippen LogP contribution >= 0.6 is 0 Å². The minimum atomic E-state index is -0.975. The minimum absolute atomic E-state index is 0.214. The number of aromatic carboxylic acids is 1. The monoisotopic (exact) mass is 389 g/mol. The highest BCUT2D eigenvalue weighted by molar-refractivity contribution is 5.90. The van der Waals surface area contributed by atoms with Gasteiger partial charge in [0.2, 0.25) is 5.88 Å². The van der Waals surface area contributed by atoms with Crippen molar-refractivity contribution in [3.05, 3.63) is 66.1 Å². The number of hydrazone groups is 1. The van der Waals surface area contributed by atoms with Crippen LogP contribution in [0.5, 0.6) is 5.88 Å². The third-order valence-corrected chi connectivity index (χ3v) is 4.04. The quantitative estimate of drug-likeness (QED) is 0.380. The van der Waals surface area contributed by atoms with Crippen molar-refractivity contribution in [1.29, 1.82) is 0 Å². The van der Waals surface area contributed by atoms with Crippen LogP contribution in [0.15, 0.2) is 60.1 Å². The van der Waals surface area contributed by atoms with Crippen LogP contribution in [0, 0.1) is 0 Å². The lowest BCUT2D eigenvalue weighted by Crippen LogP contribution is -2.02. The molecule has 0 aliphatic rings. The third-order valence-electron chi connectivity index (χ3n) is 4.04. The number of anilines is 1. The second kappa shape index (κ2) is 7.72. The lowest BCUT2D eigenvalue weighted by molar-refractivity contribution is 0.0697. The number of carboxylic acid groups (broad SMARTS) is 1. The second-order valence-electron chi connectivity index (χ2n) is 5.85. The van der Waals surface area contributed by atoms with Gasteiger partial charge in [-0.05, 0) is 23.8 Å². The normalized spacial score (nSPS) is 11.1. The van der Waals surface area contributed by atoms with E-state index in [-0.39, 0.29) is 5.56 Å². The van der Waals surface area contributed by atoms with Gasteiger partial charge in [-0.25, -0.2) is 14.8 Å². The van der Waals surface area contributed by atoms with Crippen LogP contribution < -0.4 is 10.2 Å². The van der Waals surface area contributed by atoms with Gasteiger partial charge in [0.15, 0.2) is 17.3 Å². The molecule has 0 aliphatic carbocycles. The largest absolute Gasteiger partial charge is 0.481 e. The van der Waals surface area contributed by atoms with Crippen LogP contribution in [-0.4, -0.2) is 49.1 Å². The standard InChI is InChI=1S/C19H15N7O3/c1-29-16-4-2-3-15(24-16)26-18-14(10-23-26)17(20-11-21-18)25-22-9-12-5-7-13(8-6-12)19(27)28/h2-11H,1H3,(H,27,28)(H,20,21,25). The first kappa shape index (κ1) is 18.0. The maximum Gasteiger partial charge on any atom is 0.335 e. The molecule has 3 aromatic heterocycles. The topological polar surface area (TPSA) is 127 Å². The number of rotatable bonds is 6. The molecule has 3 heterocycles. The zero-order valence-corrected chi connectivity index (χ0v) is 15.2. The Morgan fingerprint density at radius 2 is 2.03 bits per heavy atom. The number of nitrogens with zero attached hydrogens (tertiary/aromatic N) is 6. The van der Waals surface area contributed by atoms with Crippen molar-refractivity contribution in [2.75, 3.05) is 12.5 Å². The van der Waals surface area contributed by atoms with Crippen LogP contribution in [0.25, 0.3) is 16.9 Å². The van der Waals surface area contributed by atoms with Gasteiger partial charge in [-0.1, -0.05) is 18.2 Å². The van der Waals surface area contributed by atoms with E-state index in [9.17, 15) is 4.79 Å². The lowest BCUT2D eigenvalue weighted by atomic mass is 10.1. The van der Waals surface area contributed by atoms with Gasteiger partial charge >= 0.3 is 5.97 Å². The molecule has 0 spiro atoms. The zero-order valence-electron chi connectivity index (χ0n) is 15.2. The molecule has 0 amide bonds. The fourth-order valence-corrected chi connectivity index (χ4v) is 2.62. The summed E-state index contributed by atoms with van der Waals surface area (Å²) in [5, 5.41) is 18.1. The highest BCUT2D eigenvalue weighted by Gasteiger charge is 2.12. The number of benzene rings is 1. The van der Waals surface area contributed by atoms with E-state index in [1.165, 1.54) is 18.5 Å². The van der Waals surface area contributed by atoms with Gasteiger partial charge in [0, 0.05) is 6.07 Å². The van der Waals surface area contributed by atoms with Crippen molar-refractivity contribution < 1.29 is 14.6 Å². The number of nitrogens with one attached hydrogen (secondary N) is 1. The smallest absolute Gasteiger partial charge is 0.335 e. The molecule has 10 nitrogen and oxygen atoms in total. The Morgan fingerprint density at radius 3 is 2.79 bits per heavy atom. The van der Waals surface area contributed by atoms with Crippen LogP contribution in [0.3, 0.4) is 0 Å². The number of ether oxygens (including phenoxy) is 1. The van der Waals surface area contributed by atoms with Crippen molar-refractivity contribution in [1.82, 2.24) is 24.7 Å².